The normalized spacial score (nSPS) is 18.4. The summed E-state index contributed by atoms with van der Waals surface area (Å²) in [4.78, 5) is 0. The SMILES string of the molecule is CC(C)C1=Cc2ccccc2C1C1[C-]=Cc2ccccc21.C[C](C)=[Zr+2].[Cl-].[Cl-]. The standard InChI is InChI=1S/C21H19.C3H6.2ClH.Zr/c1-14(2)20-13-16-8-4-6-10-18(16)21(20)19-12-11-15-7-3-5-9-17(15)19;1-3-2;;;/h3-11,13-14,19,21H,1-2H3;1-2H3;2*1H;/q-1;;;;+2/p-2. The van der Waals surface area contributed by atoms with E-state index in [2.05, 4.69) is 94.5 Å². The van der Waals surface area contributed by atoms with E-state index in [0.29, 0.717) is 17.8 Å². The minimum Gasteiger partial charge on any atom is -1.00 e. The Morgan fingerprint density at radius 1 is 0.889 bits per heavy atom. The van der Waals surface area contributed by atoms with Gasteiger partial charge in [0.2, 0.25) is 0 Å². The fraction of sp³-hybridized carbons (Fsp3) is 0.292. The van der Waals surface area contributed by atoms with Crippen molar-refractivity contribution in [2.24, 2.45) is 5.92 Å². The number of rotatable bonds is 2. The van der Waals surface area contributed by atoms with Gasteiger partial charge in [-0.15, -0.1) is 11.6 Å². The molecule has 2 aromatic rings. The predicted octanol–water partition coefficient (Wildman–Crippen LogP) is 0.190. The Morgan fingerprint density at radius 2 is 1.41 bits per heavy atom. The molecule has 0 N–H and O–H groups in total. The summed E-state index contributed by atoms with van der Waals surface area (Å²) in [7, 11) is 0. The zero-order valence-electron chi connectivity index (χ0n) is 16.3. The van der Waals surface area contributed by atoms with Crippen LogP contribution in [0.25, 0.3) is 12.2 Å². The molecule has 0 aromatic heterocycles. The third kappa shape index (κ3) is 5.41. The molecule has 2 atom stereocenters. The molecule has 0 radical (unpaired) electrons. The molecule has 0 bridgehead atoms. The van der Waals surface area contributed by atoms with Crippen LogP contribution in [0.3, 0.4) is 0 Å². The second kappa shape index (κ2) is 10.7. The van der Waals surface area contributed by atoms with Crippen LogP contribution < -0.4 is 24.8 Å². The van der Waals surface area contributed by atoms with Crippen molar-refractivity contribution in [3.8, 4) is 0 Å². The van der Waals surface area contributed by atoms with Gasteiger partial charge >= 0.3 is 41.3 Å². The first-order chi connectivity index (χ1) is 12.0. The summed E-state index contributed by atoms with van der Waals surface area (Å²) >= 11 is 1.55. The van der Waals surface area contributed by atoms with E-state index < -0.39 is 0 Å². The second-order valence-electron chi connectivity index (χ2n) is 7.32. The number of hydrogen-bond acceptors (Lipinski definition) is 0. The molecular weight excluding hydrogens is 450 g/mol. The van der Waals surface area contributed by atoms with Crippen molar-refractivity contribution < 1.29 is 49.0 Å². The topological polar surface area (TPSA) is 0 Å². The number of halogens is 2. The quantitative estimate of drug-likeness (QED) is 0.545. The smallest absolute Gasteiger partial charge is 1.00 e. The summed E-state index contributed by atoms with van der Waals surface area (Å²) in [6.07, 6.45) is 8.19. The molecule has 0 spiro atoms. The maximum absolute atomic E-state index is 3.62. The average molecular weight is 476 g/mol. The molecule has 2 aromatic carbocycles. The Hall–Kier alpha value is -0.747. The first-order valence-corrected chi connectivity index (χ1v) is 10.2. The van der Waals surface area contributed by atoms with Crippen LogP contribution in [-0.2, 0) is 24.2 Å². The van der Waals surface area contributed by atoms with Crippen LogP contribution in [0.1, 0.15) is 61.8 Å². The Kier molecular flexibility index (Phi) is 9.63. The van der Waals surface area contributed by atoms with Gasteiger partial charge in [-0.2, -0.15) is 5.56 Å². The molecule has 27 heavy (non-hydrogen) atoms. The van der Waals surface area contributed by atoms with Crippen LogP contribution in [0.5, 0.6) is 0 Å². The van der Waals surface area contributed by atoms with Crippen LogP contribution in [-0.4, -0.2) is 3.21 Å². The molecule has 140 valence electrons. The van der Waals surface area contributed by atoms with Gasteiger partial charge < -0.3 is 24.8 Å². The van der Waals surface area contributed by atoms with Gasteiger partial charge in [-0.05, 0) is 23.0 Å². The van der Waals surface area contributed by atoms with Crippen molar-refractivity contribution in [2.45, 2.75) is 39.5 Å². The zero-order chi connectivity index (χ0) is 18.0. The van der Waals surface area contributed by atoms with Crippen molar-refractivity contribution in [3.05, 3.63) is 82.4 Å². The molecule has 2 unspecified atom stereocenters. The van der Waals surface area contributed by atoms with Crippen LogP contribution in [0.2, 0.25) is 0 Å². The van der Waals surface area contributed by atoms with E-state index in [9.17, 15) is 0 Å². The van der Waals surface area contributed by atoms with Crippen LogP contribution >= 0.6 is 0 Å². The van der Waals surface area contributed by atoms with E-state index in [1.54, 1.807) is 29.8 Å². The van der Waals surface area contributed by atoms with Gasteiger partial charge in [0.1, 0.15) is 0 Å². The van der Waals surface area contributed by atoms with E-state index in [-0.39, 0.29) is 24.8 Å². The van der Waals surface area contributed by atoms with Gasteiger partial charge in [0.15, 0.2) is 0 Å². The minimum atomic E-state index is 0. The maximum atomic E-state index is 3.62. The molecule has 0 fully saturated rings. The van der Waals surface area contributed by atoms with Crippen molar-refractivity contribution in [2.75, 3.05) is 0 Å². The van der Waals surface area contributed by atoms with Crippen molar-refractivity contribution in [3.63, 3.8) is 0 Å². The molecule has 2 aliphatic carbocycles. The fourth-order valence-electron chi connectivity index (χ4n) is 3.74. The summed E-state index contributed by atoms with van der Waals surface area (Å²) in [6.45, 7) is 8.85. The van der Waals surface area contributed by atoms with Gasteiger partial charge in [0.05, 0.1) is 0 Å². The van der Waals surface area contributed by atoms with E-state index in [1.807, 2.05) is 0 Å². The first kappa shape index (κ1) is 24.3. The summed E-state index contributed by atoms with van der Waals surface area (Å²) in [6, 6.07) is 17.5. The van der Waals surface area contributed by atoms with Gasteiger partial charge in [0, 0.05) is 0 Å². The molecule has 4 rings (SSSR count). The largest absolute Gasteiger partial charge is 1.00 e. The summed E-state index contributed by atoms with van der Waals surface area (Å²) < 4.78 is 1.51. The van der Waals surface area contributed by atoms with Crippen LogP contribution in [0.4, 0.5) is 0 Å². The number of benzene rings is 2. The number of allylic oxidation sites excluding steroid dienone is 2. The van der Waals surface area contributed by atoms with Gasteiger partial charge in [-0.25, -0.2) is 6.08 Å². The molecule has 0 amide bonds. The Morgan fingerprint density at radius 3 is 2.00 bits per heavy atom. The first-order valence-electron chi connectivity index (χ1n) is 8.99. The zero-order valence-corrected chi connectivity index (χ0v) is 20.2. The fourth-order valence-corrected chi connectivity index (χ4v) is 3.74. The summed E-state index contributed by atoms with van der Waals surface area (Å²) in [5.74, 6) is 1.37. The monoisotopic (exact) mass is 473 g/mol. The van der Waals surface area contributed by atoms with Crippen molar-refractivity contribution in [1.29, 1.82) is 0 Å². The third-order valence-corrected chi connectivity index (χ3v) is 4.76. The van der Waals surface area contributed by atoms with E-state index in [4.69, 9.17) is 0 Å². The molecule has 0 saturated carbocycles. The summed E-state index contributed by atoms with van der Waals surface area (Å²) in [5, 5.41) is 0. The molecule has 0 heterocycles. The third-order valence-electron chi connectivity index (χ3n) is 4.76. The van der Waals surface area contributed by atoms with Crippen LogP contribution in [0.15, 0.2) is 54.1 Å². The van der Waals surface area contributed by atoms with Gasteiger partial charge in [0.25, 0.3) is 0 Å². The molecular formula is C24H25Cl2Zr-. The minimum absolute atomic E-state index is 0. The molecule has 3 heteroatoms. The second-order valence-corrected chi connectivity index (χ2v) is 9.78. The maximum Gasteiger partial charge on any atom is -1.00 e. The summed E-state index contributed by atoms with van der Waals surface area (Å²) in [5.41, 5.74) is 7.14. The van der Waals surface area contributed by atoms with E-state index in [1.165, 1.54) is 25.5 Å². The van der Waals surface area contributed by atoms with E-state index in [0.717, 1.165) is 0 Å². The van der Waals surface area contributed by atoms with E-state index >= 15 is 0 Å². The molecule has 0 nitrogen and oxygen atoms in total. The van der Waals surface area contributed by atoms with Gasteiger partial charge in [-0.3, -0.25) is 6.08 Å². The molecule has 0 saturated heterocycles. The Balaban J connectivity index is 0.000000558. The number of hydrogen-bond donors (Lipinski definition) is 0. The average Bonchev–Trinajstić information content (AvgIpc) is 3.15. The predicted molar refractivity (Wildman–Crippen MR) is 105 cm³/mol. The molecule has 0 aliphatic heterocycles. The Bertz CT molecular complexity index is 845. The Labute approximate surface area is 191 Å². The molecule has 2 aliphatic rings. The van der Waals surface area contributed by atoms with Crippen LogP contribution in [0, 0.1) is 12.0 Å². The van der Waals surface area contributed by atoms with Crippen molar-refractivity contribution >= 4 is 15.4 Å². The van der Waals surface area contributed by atoms with Crippen molar-refractivity contribution in [1.82, 2.24) is 0 Å². The number of fused-ring (bicyclic) bond motifs is 2. The van der Waals surface area contributed by atoms with Gasteiger partial charge in [-0.1, -0.05) is 73.9 Å².